The molecular formula is C13H33N3Si2. The minimum atomic E-state index is -1.42. The third-order valence-corrected chi connectivity index (χ3v) is 9.48. The highest BCUT2D eigenvalue weighted by Crippen LogP contribution is 2.20. The molecule has 0 aliphatic rings. The van der Waals surface area contributed by atoms with Crippen LogP contribution >= 0.6 is 0 Å². The molecule has 0 heterocycles. The molecule has 108 valence electrons. The van der Waals surface area contributed by atoms with Crippen LogP contribution in [0.4, 0.5) is 0 Å². The monoisotopic (exact) mass is 287 g/mol. The quantitative estimate of drug-likeness (QED) is 0.485. The average Bonchev–Trinajstić information content (AvgIpc) is 1.93. The van der Waals surface area contributed by atoms with Crippen molar-refractivity contribution in [2.45, 2.75) is 79.1 Å². The van der Waals surface area contributed by atoms with Gasteiger partial charge in [0.05, 0.1) is 0 Å². The minimum absolute atomic E-state index is 0.335. The maximum atomic E-state index is 4.85. The van der Waals surface area contributed by atoms with Crippen LogP contribution in [0.15, 0.2) is 4.99 Å². The van der Waals surface area contributed by atoms with E-state index in [4.69, 9.17) is 4.99 Å². The summed E-state index contributed by atoms with van der Waals surface area (Å²) in [5.74, 6) is 1.12. The zero-order valence-corrected chi connectivity index (χ0v) is 16.0. The Hall–Kier alpha value is -0.296. The highest BCUT2D eigenvalue weighted by molar-refractivity contribution is 6.92. The fourth-order valence-electron chi connectivity index (χ4n) is 2.30. The lowest BCUT2D eigenvalue weighted by atomic mass is 10.4. The smallest absolute Gasteiger partial charge is 0.177 e. The van der Waals surface area contributed by atoms with Gasteiger partial charge >= 0.3 is 0 Å². The molecule has 0 radical (unpaired) electrons. The topological polar surface area (TPSA) is 27.6 Å². The molecule has 0 saturated heterocycles. The second-order valence-corrected chi connectivity index (χ2v) is 17.5. The third kappa shape index (κ3) is 6.04. The summed E-state index contributed by atoms with van der Waals surface area (Å²) in [6.07, 6.45) is 0. The molecule has 1 N–H and O–H groups in total. The van der Waals surface area contributed by atoms with E-state index >= 15 is 0 Å². The van der Waals surface area contributed by atoms with E-state index in [-0.39, 0.29) is 0 Å². The predicted octanol–water partition coefficient (Wildman–Crippen LogP) is 3.72. The van der Waals surface area contributed by atoms with Crippen molar-refractivity contribution in [1.82, 2.24) is 9.55 Å². The third-order valence-electron chi connectivity index (χ3n) is 2.35. The molecule has 0 atom stereocenters. The van der Waals surface area contributed by atoms with Crippen molar-refractivity contribution < 1.29 is 0 Å². The molecule has 0 aromatic rings. The normalized spacial score (nSPS) is 14.3. The predicted molar refractivity (Wildman–Crippen MR) is 89.4 cm³/mol. The van der Waals surface area contributed by atoms with Gasteiger partial charge < -0.3 is 9.55 Å². The Morgan fingerprint density at radius 2 is 1.28 bits per heavy atom. The lowest BCUT2D eigenvalue weighted by Crippen LogP contribution is -2.65. The van der Waals surface area contributed by atoms with Gasteiger partial charge in [0, 0.05) is 12.1 Å². The highest BCUT2D eigenvalue weighted by atomic mass is 28.4. The van der Waals surface area contributed by atoms with Crippen molar-refractivity contribution in [2.75, 3.05) is 0 Å². The second-order valence-electron chi connectivity index (χ2n) is 7.52. The van der Waals surface area contributed by atoms with Crippen LogP contribution in [0.3, 0.4) is 0 Å². The van der Waals surface area contributed by atoms with Gasteiger partial charge in [0.1, 0.15) is 16.5 Å². The van der Waals surface area contributed by atoms with Crippen LogP contribution in [0.2, 0.25) is 39.3 Å². The first-order valence-corrected chi connectivity index (χ1v) is 13.9. The van der Waals surface area contributed by atoms with Crippen molar-refractivity contribution in [3.05, 3.63) is 0 Å². The van der Waals surface area contributed by atoms with Crippen molar-refractivity contribution in [1.29, 1.82) is 0 Å². The van der Waals surface area contributed by atoms with Crippen LogP contribution in [0, 0.1) is 0 Å². The van der Waals surface area contributed by atoms with Crippen LogP contribution in [-0.2, 0) is 0 Å². The molecular weight excluding hydrogens is 254 g/mol. The van der Waals surface area contributed by atoms with Crippen LogP contribution in [-0.4, -0.2) is 38.7 Å². The molecule has 0 aromatic heterocycles. The molecule has 0 saturated carbocycles. The van der Waals surface area contributed by atoms with Crippen LogP contribution < -0.4 is 5.32 Å². The van der Waals surface area contributed by atoms with Crippen LogP contribution in [0.1, 0.15) is 27.7 Å². The van der Waals surface area contributed by atoms with Crippen molar-refractivity contribution >= 4 is 22.4 Å². The van der Waals surface area contributed by atoms with Gasteiger partial charge in [-0.25, -0.2) is 0 Å². The summed E-state index contributed by atoms with van der Waals surface area (Å²) < 4.78 is 2.65. The Morgan fingerprint density at radius 3 is 1.50 bits per heavy atom. The molecule has 18 heavy (non-hydrogen) atoms. The fraction of sp³-hybridized carbons (Fsp3) is 0.923. The SMILES string of the molecule is CC(C)N=C(NC(C)C)N([Si](C)(C)C)[Si](C)(C)C. The highest BCUT2D eigenvalue weighted by Gasteiger charge is 2.37. The fourth-order valence-corrected chi connectivity index (χ4v) is 11.9. The summed E-state index contributed by atoms with van der Waals surface area (Å²) in [6.45, 7) is 23.1. The molecule has 0 amide bonds. The van der Waals surface area contributed by atoms with Gasteiger partial charge in [0.15, 0.2) is 5.96 Å². The van der Waals surface area contributed by atoms with Gasteiger partial charge in [0.2, 0.25) is 0 Å². The standard InChI is InChI=1S/C13H33N3Si2/c1-11(2)14-13(15-12(3)4)16(17(5,6)7)18(8,9)10/h11-12H,1-10H3,(H,14,15). The summed E-state index contributed by atoms with van der Waals surface area (Å²) in [4.78, 5) is 4.85. The van der Waals surface area contributed by atoms with E-state index in [0.717, 1.165) is 5.96 Å². The number of hydrogen-bond donors (Lipinski definition) is 1. The van der Waals surface area contributed by atoms with Crippen molar-refractivity contribution in [3.8, 4) is 0 Å². The van der Waals surface area contributed by atoms with Crippen molar-refractivity contribution in [3.63, 3.8) is 0 Å². The Morgan fingerprint density at radius 1 is 0.889 bits per heavy atom. The van der Waals surface area contributed by atoms with Crippen molar-refractivity contribution in [2.24, 2.45) is 4.99 Å². The minimum Gasteiger partial charge on any atom is -0.396 e. The average molecular weight is 288 g/mol. The summed E-state index contributed by atoms with van der Waals surface area (Å²) in [7, 11) is -2.83. The molecule has 0 spiro atoms. The van der Waals surface area contributed by atoms with Crippen LogP contribution in [0.5, 0.6) is 0 Å². The Balaban J connectivity index is 5.51. The number of nitrogens with one attached hydrogen (secondary N) is 1. The number of rotatable bonds is 4. The number of aliphatic imine (C=N–C) groups is 1. The van der Waals surface area contributed by atoms with E-state index in [2.05, 4.69) is 76.5 Å². The molecule has 0 rings (SSSR count). The molecule has 5 heteroatoms. The molecule has 0 unspecified atom stereocenters. The van der Waals surface area contributed by atoms with E-state index in [9.17, 15) is 0 Å². The van der Waals surface area contributed by atoms with E-state index in [1.165, 1.54) is 0 Å². The van der Waals surface area contributed by atoms with E-state index in [1.807, 2.05) is 0 Å². The van der Waals surface area contributed by atoms with E-state index in [1.54, 1.807) is 0 Å². The van der Waals surface area contributed by atoms with Gasteiger partial charge in [0.25, 0.3) is 0 Å². The van der Waals surface area contributed by atoms with E-state index < -0.39 is 16.5 Å². The first-order chi connectivity index (χ1) is 7.85. The number of hydrogen-bond acceptors (Lipinski definition) is 1. The molecule has 0 aromatic carbocycles. The molecule has 0 aliphatic carbocycles. The Bertz CT molecular complexity index is 272. The molecule has 0 aliphatic heterocycles. The largest absolute Gasteiger partial charge is 0.396 e. The lowest BCUT2D eigenvalue weighted by molar-refractivity contribution is 0.667. The van der Waals surface area contributed by atoms with Gasteiger partial charge in [-0.05, 0) is 27.7 Å². The number of guanidine groups is 1. The summed E-state index contributed by atoms with van der Waals surface area (Å²) in [6, 6.07) is 0.763. The lowest BCUT2D eigenvalue weighted by Gasteiger charge is -2.46. The summed E-state index contributed by atoms with van der Waals surface area (Å²) in [5, 5.41) is 3.57. The molecule has 0 fully saturated rings. The van der Waals surface area contributed by atoms with E-state index in [0.29, 0.717) is 12.1 Å². The summed E-state index contributed by atoms with van der Waals surface area (Å²) in [5.41, 5.74) is 0. The van der Waals surface area contributed by atoms with Crippen LogP contribution in [0.25, 0.3) is 0 Å². The van der Waals surface area contributed by atoms with Gasteiger partial charge in [-0.15, -0.1) is 0 Å². The zero-order chi connectivity index (χ0) is 14.7. The van der Waals surface area contributed by atoms with Gasteiger partial charge in [-0.3, -0.25) is 4.99 Å². The second kappa shape index (κ2) is 6.23. The molecule has 0 bridgehead atoms. The van der Waals surface area contributed by atoms with Gasteiger partial charge in [-0.2, -0.15) is 0 Å². The maximum Gasteiger partial charge on any atom is 0.177 e. The Kier molecular flexibility index (Phi) is 6.13. The molecule has 3 nitrogen and oxygen atoms in total. The maximum absolute atomic E-state index is 4.85. The number of nitrogens with zero attached hydrogens (tertiary/aromatic N) is 2. The zero-order valence-electron chi connectivity index (χ0n) is 14.0. The Labute approximate surface area is 116 Å². The first kappa shape index (κ1) is 17.7. The summed E-state index contributed by atoms with van der Waals surface area (Å²) >= 11 is 0. The van der Waals surface area contributed by atoms with Gasteiger partial charge in [-0.1, -0.05) is 39.3 Å². The first-order valence-electron chi connectivity index (χ1n) is 7.00.